The number of benzene rings is 1. The molecule has 1 aromatic heterocycles. The number of sulfone groups is 1. The molecule has 6 nitrogen and oxygen atoms in total. The number of piperazine rings is 1. The van der Waals surface area contributed by atoms with E-state index in [0.717, 1.165) is 25.2 Å². The summed E-state index contributed by atoms with van der Waals surface area (Å²) in [5, 5.41) is 2.10. The molecule has 1 aromatic carbocycles. The number of amides is 1. The highest BCUT2D eigenvalue weighted by Gasteiger charge is 2.35. The van der Waals surface area contributed by atoms with Crippen LogP contribution in [0.15, 0.2) is 47.8 Å². The minimum Gasteiger partial charge on any atom is -0.338 e. The highest BCUT2D eigenvalue weighted by Crippen LogP contribution is 2.26. The van der Waals surface area contributed by atoms with Crippen LogP contribution in [-0.2, 0) is 21.2 Å². The topological polar surface area (TPSA) is 60.9 Å². The van der Waals surface area contributed by atoms with Gasteiger partial charge in [0.2, 0.25) is 5.91 Å². The van der Waals surface area contributed by atoms with E-state index in [1.54, 1.807) is 11.3 Å². The predicted octanol–water partition coefficient (Wildman–Crippen LogP) is 1.86. The Morgan fingerprint density at radius 2 is 1.62 bits per heavy atom. The molecule has 2 aliphatic rings. The lowest BCUT2D eigenvalue weighted by atomic mass is 10.0. The second-order valence-electron chi connectivity index (χ2n) is 7.68. The first kappa shape index (κ1) is 20.5. The second kappa shape index (κ2) is 8.95. The van der Waals surface area contributed by atoms with Crippen molar-refractivity contribution in [3.05, 3.63) is 58.3 Å². The van der Waals surface area contributed by atoms with E-state index in [9.17, 15) is 13.2 Å². The first-order valence-electron chi connectivity index (χ1n) is 10.0. The fourth-order valence-corrected chi connectivity index (χ4v) is 6.03. The molecule has 0 N–H and O–H groups in total. The average Bonchev–Trinajstić information content (AvgIpc) is 3.24. The quantitative estimate of drug-likeness (QED) is 0.720. The van der Waals surface area contributed by atoms with E-state index in [4.69, 9.17) is 0 Å². The Labute approximate surface area is 176 Å². The summed E-state index contributed by atoms with van der Waals surface area (Å²) in [5.74, 6) is 0.336. The summed E-state index contributed by atoms with van der Waals surface area (Å²) >= 11 is 1.77. The first-order chi connectivity index (χ1) is 14.0. The van der Waals surface area contributed by atoms with Crippen molar-refractivity contribution in [2.45, 2.75) is 12.6 Å². The van der Waals surface area contributed by atoms with Crippen LogP contribution in [-0.4, -0.2) is 79.8 Å². The number of carbonyl (C=O) groups excluding carboxylic acids is 1. The Balaban J connectivity index is 1.44. The largest absolute Gasteiger partial charge is 0.338 e. The lowest BCUT2D eigenvalue weighted by molar-refractivity contribution is -0.139. The van der Waals surface area contributed by atoms with Crippen molar-refractivity contribution < 1.29 is 13.2 Å². The standard InChI is InChI=1S/C21H27N3O3S2/c25-21(24-10-8-22(9-11-24)17-19-7-4-14-28-19)20(18-5-2-1-3-6-18)23-12-15-29(26,27)16-13-23/h1-7,14,20H,8-13,15-17H2. The fourth-order valence-electron chi connectivity index (χ4n) is 4.05. The van der Waals surface area contributed by atoms with E-state index in [0.29, 0.717) is 26.2 Å². The van der Waals surface area contributed by atoms with Gasteiger partial charge in [0, 0.05) is 50.7 Å². The SMILES string of the molecule is O=C(C(c1ccccc1)N1CCS(=O)(=O)CC1)N1CCN(Cc2cccs2)CC1. The van der Waals surface area contributed by atoms with Crippen molar-refractivity contribution in [1.29, 1.82) is 0 Å². The molecule has 2 aliphatic heterocycles. The van der Waals surface area contributed by atoms with Gasteiger partial charge < -0.3 is 4.90 Å². The van der Waals surface area contributed by atoms with Gasteiger partial charge >= 0.3 is 0 Å². The molecule has 0 radical (unpaired) electrons. The Bertz CT molecular complexity index is 894. The predicted molar refractivity (Wildman–Crippen MR) is 116 cm³/mol. The number of carbonyl (C=O) groups is 1. The molecule has 1 atom stereocenters. The van der Waals surface area contributed by atoms with E-state index < -0.39 is 15.9 Å². The van der Waals surface area contributed by atoms with Gasteiger partial charge in [-0.3, -0.25) is 14.6 Å². The minimum atomic E-state index is -2.99. The van der Waals surface area contributed by atoms with Crippen molar-refractivity contribution in [1.82, 2.24) is 14.7 Å². The third-order valence-corrected chi connectivity index (χ3v) is 8.21. The van der Waals surface area contributed by atoms with Crippen LogP contribution in [0, 0.1) is 0 Å². The fraction of sp³-hybridized carbons (Fsp3) is 0.476. The number of nitrogens with zero attached hydrogens (tertiary/aromatic N) is 3. The lowest BCUT2D eigenvalue weighted by Crippen LogP contribution is -2.53. The molecule has 0 spiro atoms. The molecule has 2 aromatic rings. The van der Waals surface area contributed by atoms with Crippen LogP contribution >= 0.6 is 11.3 Å². The van der Waals surface area contributed by atoms with Crippen molar-refractivity contribution in [2.75, 3.05) is 50.8 Å². The Morgan fingerprint density at radius 3 is 2.24 bits per heavy atom. The van der Waals surface area contributed by atoms with Gasteiger partial charge in [-0.05, 0) is 17.0 Å². The molecule has 1 unspecified atom stereocenters. The van der Waals surface area contributed by atoms with Crippen LogP contribution in [0.3, 0.4) is 0 Å². The zero-order chi connectivity index (χ0) is 20.3. The summed E-state index contributed by atoms with van der Waals surface area (Å²) < 4.78 is 23.7. The molecule has 2 saturated heterocycles. The summed E-state index contributed by atoms with van der Waals surface area (Å²) in [6.07, 6.45) is 0. The molecule has 0 saturated carbocycles. The summed E-state index contributed by atoms with van der Waals surface area (Å²) in [5.41, 5.74) is 0.942. The average molecular weight is 434 g/mol. The molecular weight excluding hydrogens is 406 g/mol. The third-order valence-electron chi connectivity index (χ3n) is 5.74. The van der Waals surface area contributed by atoms with E-state index in [-0.39, 0.29) is 17.4 Å². The molecule has 3 heterocycles. The number of rotatable bonds is 5. The van der Waals surface area contributed by atoms with Crippen LogP contribution in [0.1, 0.15) is 16.5 Å². The zero-order valence-corrected chi connectivity index (χ0v) is 18.1. The maximum absolute atomic E-state index is 13.5. The van der Waals surface area contributed by atoms with Crippen LogP contribution in [0.4, 0.5) is 0 Å². The van der Waals surface area contributed by atoms with Crippen molar-refractivity contribution in [3.8, 4) is 0 Å². The molecule has 0 aliphatic carbocycles. The highest BCUT2D eigenvalue weighted by atomic mass is 32.2. The van der Waals surface area contributed by atoms with Crippen LogP contribution < -0.4 is 0 Å². The monoisotopic (exact) mass is 433 g/mol. The van der Waals surface area contributed by atoms with E-state index in [1.165, 1.54) is 4.88 Å². The van der Waals surface area contributed by atoms with Gasteiger partial charge in [0.15, 0.2) is 9.84 Å². The summed E-state index contributed by atoms with van der Waals surface area (Å²) in [6.45, 7) is 4.89. The smallest absolute Gasteiger partial charge is 0.244 e. The Kier molecular flexibility index (Phi) is 6.34. The molecule has 29 heavy (non-hydrogen) atoms. The van der Waals surface area contributed by atoms with Crippen molar-refractivity contribution in [3.63, 3.8) is 0 Å². The molecule has 2 fully saturated rings. The van der Waals surface area contributed by atoms with Gasteiger partial charge in [-0.25, -0.2) is 8.42 Å². The van der Waals surface area contributed by atoms with Gasteiger partial charge in [0.1, 0.15) is 6.04 Å². The number of thiophene rings is 1. The third kappa shape index (κ3) is 5.06. The lowest BCUT2D eigenvalue weighted by Gasteiger charge is -2.40. The molecular formula is C21H27N3O3S2. The summed E-state index contributed by atoms with van der Waals surface area (Å²) in [7, 11) is -2.99. The second-order valence-corrected chi connectivity index (χ2v) is 11.0. The maximum Gasteiger partial charge on any atom is 0.244 e. The zero-order valence-electron chi connectivity index (χ0n) is 16.4. The number of hydrogen-bond donors (Lipinski definition) is 0. The first-order valence-corrected chi connectivity index (χ1v) is 12.7. The summed E-state index contributed by atoms with van der Waals surface area (Å²) in [4.78, 5) is 21.2. The van der Waals surface area contributed by atoms with Gasteiger partial charge in [0.25, 0.3) is 0 Å². The normalized spacial score (nSPS) is 21.7. The molecule has 156 valence electrons. The maximum atomic E-state index is 13.5. The van der Waals surface area contributed by atoms with Crippen molar-refractivity contribution >= 4 is 27.1 Å². The van der Waals surface area contributed by atoms with Gasteiger partial charge in [-0.15, -0.1) is 11.3 Å². The van der Waals surface area contributed by atoms with Crippen LogP contribution in [0.2, 0.25) is 0 Å². The van der Waals surface area contributed by atoms with Gasteiger partial charge in [-0.2, -0.15) is 0 Å². The molecule has 1 amide bonds. The number of hydrogen-bond acceptors (Lipinski definition) is 6. The van der Waals surface area contributed by atoms with Crippen LogP contribution in [0.5, 0.6) is 0 Å². The Hall–Kier alpha value is -1.74. The highest BCUT2D eigenvalue weighted by molar-refractivity contribution is 7.91. The van der Waals surface area contributed by atoms with E-state index in [1.807, 2.05) is 40.1 Å². The van der Waals surface area contributed by atoms with Gasteiger partial charge in [0.05, 0.1) is 11.5 Å². The molecule has 4 rings (SSSR count). The van der Waals surface area contributed by atoms with E-state index >= 15 is 0 Å². The molecule has 0 bridgehead atoms. The molecule has 8 heteroatoms. The van der Waals surface area contributed by atoms with E-state index in [2.05, 4.69) is 22.4 Å². The minimum absolute atomic E-state index is 0.0891. The summed E-state index contributed by atoms with van der Waals surface area (Å²) in [6, 6.07) is 13.6. The van der Waals surface area contributed by atoms with Crippen molar-refractivity contribution in [2.24, 2.45) is 0 Å². The Morgan fingerprint density at radius 1 is 0.931 bits per heavy atom. The van der Waals surface area contributed by atoms with Gasteiger partial charge in [-0.1, -0.05) is 36.4 Å². The van der Waals surface area contributed by atoms with Crippen LogP contribution in [0.25, 0.3) is 0 Å².